The lowest BCUT2D eigenvalue weighted by Crippen LogP contribution is -2.51. The lowest BCUT2D eigenvalue weighted by atomic mass is 9.81. The van der Waals surface area contributed by atoms with Gasteiger partial charge in [-0.25, -0.2) is 4.39 Å². The Hall–Kier alpha value is -1.42. The first kappa shape index (κ1) is 14.0. The van der Waals surface area contributed by atoms with E-state index in [1.807, 2.05) is 13.8 Å². The van der Waals surface area contributed by atoms with Gasteiger partial charge in [0.25, 0.3) is 0 Å². The SMILES string of the molecule is CC1(C)CN(C(=O)Cc2ccccc2F)CCC1O. The van der Waals surface area contributed by atoms with E-state index in [1.165, 1.54) is 6.07 Å². The summed E-state index contributed by atoms with van der Waals surface area (Å²) in [5.74, 6) is -0.419. The largest absolute Gasteiger partial charge is 0.392 e. The molecule has 1 fully saturated rings. The summed E-state index contributed by atoms with van der Waals surface area (Å²) < 4.78 is 13.5. The summed E-state index contributed by atoms with van der Waals surface area (Å²) >= 11 is 0. The number of aliphatic hydroxyl groups excluding tert-OH is 1. The molecule has 1 aromatic rings. The number of amides is 1. The smallest absolute Gasteiger partial charge is 0.227 e. The van der Waals surface area contributed by atoms with Gasteiger partial charge in [0.1, 0.15) is 5.82 Å². The zero-order valence-corrected chi connectivity index (χ0v) is 11.4. The first-order valence-electron chi connectivity index (χ1n) is 6.59. The first-order valence-corrected chi connectivity index (χ1v) is 6.59. The maximum Gasteiger partial charge on any atom is 0.227 e. The molecule has 1 N–H and O–H groups in total. The number of nitrogens with zero attached hydrogens (tertiary/aromatic N) is 1. The molecule has 1 amide bonds. The predicted molar refractivity (Wildman–Crippen MR) is 71.1 cm³/mol. The highest BCUT2D eigenvalue weighted by Crippen LogP contribution is 2.29. The molecule has 1 aromatic carbocycles. The van der Waals surface area contributed by atoms with E-state index >= 15 is 0 Å². The number of carbonyl (C=O) groups is 1. The lowest BCUT2D eigenvalue weighted by Gasteiger charge is -2.41. The number of benzene rings is 1. The van der Waals surface area contributed by atoms with Gasteiger partial charge in [-0.2, -0.15) is 0 Å². The van der Waals surface area contributed by atoms with Crippen LogP contribution in [0.1, 0.15) is 25.8 Å². The molecule has 0 saturated carbocycles. The Kier molecular flexibility index (Phi) is 3.90. The Morgan fingerprint density at radius 2 is 2.16 bits per heavy atom. The van der Waals surface area contributed by atoms with Gasteiger partial charge < -0.3 is 10.0 Å². The Bertz CT molecular complexity index is 473. The van der Waals surface area contributed by atoms with Crippen LogP contribution >= 0.6 is 0 Å². The molecule has 19 heavy (non-hydrogen) atoms. The molecule has 2 rings (SSSR count). The van der Waals surface area contributed by atoms with E-state index in [0.29, 0.717) is 25.1 Å². The van der Waals surface area contributed by atoms with E-state index in [4.69, 9.17) is 0 Å². The molecule has 0 aliphatic carbocycles. The molecule has 1 unspecified atom stereocenters. The number of carbonyl (C=O) groups excluding carboxylic acids is 1. The van der Waals surface area contributed by atoms with Gasteiger partial charge in [0, 0.05) is 18.5 Å². The van der Waals surface area contributed by atoms with Crippen LogP contribution in [0.25, 0.3) is 0 Å². The molecule has 104 valence electrons. The second-order valence-electron chi connectivity index (χ2n) is 5.88. The number of aliphatic hydroxyl groups is 1. The molecule has 0 radical (unpaired) electrons. The Labute approximate surface area is 113 Å². The van der Waals surface area contributed by atoms with Crippen LogP contribution in [-0.4, -0.2) is 35.1 Å². The van der Waals surface area contributed by atoms with Gasteiger partial charge in [0.2, 0.25) is 5.91 Å². The van der Waals surface area contributed by atoms with E-state index in [-0.39, 0.29) is 29.7 Å². The van der Waals surface area contributed by atoms with Crippen LogP contribution in [-0.2, 0) is 11.2 Å². The Morgan fingerprint density at radius 1 is 1.47 bits per heavy atom. The van der Waals surface area contributed by atoms with E-state index in [9.17, 15) is 14.3 Å². The van der Waals surface area contributed by atoms with Crippen LogP contribution in [0, 0.1) is 11.2 Å². The maximum absolute atomic E-state index is 13.5. The second-order valence-corrected chi connectivity index (χ2v) is 5.88. The van der Waals surface area contributed by atoms with Crippen LogP contribution in [0.5, 0.6) is 0 Å². The van der Waals surface area contributed by atoms with Gasteiger partial charge in [-0.15, -0.1) is 0 Å². The van der Waals surface area contributed by atoms with E-state index in [1.54, 1.807) is 23.1 Å². The first-order chi connectivity index (χ1) is 8.90. The number of hydrogen-bond acceptors (Lipinski definition) is 2. The van der Waals surface area contributed by atoms with Crippen molar-refractivity contribution in [3.05, 3.63) is 35.6 Å². The topological polar surface area (TPSA) is 40.5 Å². The minimum absolute atomic E-state index is 0.0786. The minimum Gasteiger partial charge on any atom is -0.392 e. The van der Waals surface area contributed by atoms with Crippen LogP contribution in [0.3, 0.4) is 0 Å². The summed E-state index contributed by atoms with van der Waals surface area (Å²) in [6, 6.07) is 6.35. The van der Waals surface area contributed by atoms with Crippen molar-refractivity contribution < 1.29 is 14.3 Å². The zero-order valence-electron chi connectivity index (χ0n) is 11.4. The quantitative estimate of drug-likeness (QED) is 0.888. The number of halogens is 1. The Balaban J connectivity index is 2.03. The standard InChI is InChI=1S/C15H20FNO2/c1-15(2)10-17(8-7-13(15)18)14(19)9-11-5-3-4-6-12(11)16/h3-6,13,18H,7-10H2,1-2H3. The van der Waals surface area contributed by atoms with Gasteiger partial charge in [-0.1, -0.05) is 32.0 Å². The molecule has 4 heteroatoms. The Morgan fingerprint density at radius 3 is 2.79 bits per heavy atom. The lowest BCUT2D eigenvalue weighted by molar-refractivity contribution is -0.137. The molecular weight excluding hydrogens is 245 g/mol. The van der Waals surface area contributed by atoms with Crippen molar-refractivity contribution in [3.63, 3.8) is 0 Å². The fourth-order valence-electron chi connectivity index (χ4n) is 2.47. The van der Waals surface area contributed by atoms with Crippen molar-refractivity contribution in [2.24, 2.45) is 5.41 Å². The molecule has 1 heterocycles. The molecule has 1 aliphatic rings. The summed E-state index contributed by atoms with van der Waals surface area (Å²) in [6.07, 6.45) is 0.277. The van der Waals surface area contributed by atoms with Gasteiger partial charge in [0.15, 0.2) is 0 Å². The number of hydrogen-bond donors (Lipinski definition) is 1. The van der Waals surface area contributed by atoms with Crippen molar-refractivity contribution in [1.29, 1.82) is 0 Å². The molecule has 1 saturated heterocycles. The van der Waals surface area contributed by atoms with Gasteiger partial charge >= 0.3 is 0 Å². The third-order valence-electron chi connectivity index (χ3n) is 3.83. The molecule has 3 nitrogen and oxygen atoms in total. The fourth-order valence-corrected chi connectivity index (χ4v) is 2.47. The number of rotatable bonds is 2. The van der Waals surface area contributed by atoms with Crippen LogP contribution < -0.4 is 0 Å². The normalized spacial score (nSPS) is 22.3. The summed E-state index contributed by atoms with van der Waals surface area (Å²) in [7, 11) is 0. The van der Waals surface area contributed by atoms with Crippen LogP contribution in [0.15, 0.2) is 24.3 Å². The minimum atomic E-state index is -0.384. The van der Waals surface area contributed by atoms with E-state index in [2.05, 4.69) is 0 Å². The van der Waals surface area contributed by atoms with Gasteiger partial charge in [-0.05, 0) is 18.1 Å². The number of likely N-dealkylation sites (tertiary alicyclic amines) is 1. The van der Waals surface area contributed by atoms with Crippen molar-refractivity contribution in [2.45, 2.75) is 32.8 Å². The van der Waals surface area contributed by atoms with Crippen LogP contribution in [0.4, 0.5) is 4.39 Å². The van der Waals surface area contributed by atoms with Gasteiger partial charge in [0.05, 0.1) is 12.5 Å². The molecule has 1 atom stereocenters. The van der Waals surface area contributed by atoms with Crippen molar-refractivity contribution in [2.75, 3.05) is 13.1 Å². The summed E-state index contributed by atoms with van der Waals surface area (Å²) in [5, 5.41) is 9.87. The van der Waals surface area contributed by atoms with Crippen molar-refractivity contribution in [1.82, 2.24) is 4.90 Å². The zero-order chi connectivity index (χ0) is 14.0. The number of piperidine rings is 1. The highest BCUT2D eigenvalue weighted by Gasteiger charge is 2.36. The average Bonchev–Trinajstić information content (AvgIpc) is 2.35. The van der Waals surface area contributed by atoms with Crippen LogP contribution in [0.2, 0.25) is 0 Å². The third kappa shape index (κ3) is 3.13. The third-order valence-corrected chi connectivity index (χ3v) is 3.83. The molecular formula is C15H20FNO2. The van der Waals surface area contributed by atoms with E-state index < -0.39 is 0 Å². The van der Waals surface area contributed by atoms with Crippen molar-refractivity contribution in [3.8, 4) is 0 Å². The van der Waals surface area contributed by atoms with E-state index in [0.717, 1.165) is 0 Å². The van der Waals surface area contributed by atoms with Gasteiger partial charge in [-0.3, -0.25) is 4.79 Å². The molecule has 0 aromatic heterocycles. The maximum atomic E-state index is 13.5. The molecule has 0 bridgehead atoms. The second kappa shape index (κ2) is 5.29. The molecule has 1 aliphatic heterocycles. The summed E-state index contributed by atoms with van der Waals surface area (Å²) in [6.45, 7) is 4.94. The fraction of sp³-hybridized carbons (Fsp3) is 0.533. The highest BCUT2D eigenvalue weighted by atomic mass is 19.1. The predicted octanol–water partition coefficient (Wildman–Crippen LogP) is 1.99. The monoisotopic (exact) mass is 265 g/mol. The molecule has 0 spiro atoms. The average molecular weight is 265 g/mol. The van der Waals surface area contributed by atoms with Crippen molar-refractivity contribution >= 4 is 5.91 Å². The highest BCUT2D eigenvalue weighted by molar-refractivity contribution is 5.79. The summed E-state index contributed by atoms with van der Waals surface area (Å²) in [4.78, 5) is 13.9. The summed E-state index contributed by atoms with van der Waals surface area (Å²) in [5.41, 5.74) is 0.125.